The third-order valence-corrected chi connectivity index (χ3v) is 25.0. The van der Waals surface area contributed by atoms with E-state index in [1.54, 1.807) is 48.5 Å². The summed E-state index contributed by atoms with van der Waals surface area (Å²) in [7, 11) is 0. The molecule has 0 atom stereocenters. The minimum absolute atomic E-state index is 0. The molecule has 1 aliphatic carbocycles. The topological polar surface area (TPSA) is 264 Å². The molecule has 8 bridgehead atoms. The van der Waals surface area contributed by atoms with Gasteiger partial charge in [-0.05, 0) is 282 Å². The minimum Gasteiger partial charge on any atom is -0.656 e. The molecule has 0 radical (unpaired) electrons. The standard InChI is InChI=1S/C116H108N4O16.Pd/c1-9-17-41-129-109(121)81-49-77(50-82(57-81)110(122)130-42-18-10-2)97-101-89-61-69-33-25-27-35-71(69)63-91(89)103(117-101)98(78-51-83(111(123)131-43-19-11-3)58-84(52-78)112(124)132-44-20-12-4)105-93-65-73-37-29-31-39-75(73)67-95(93)107(119-105)100(80-55-87(115(127)135-47-23-15-7)60-88(56-80)116(128)136-48-24-16-8)108-96-68-76-40-32-30-38-74(76)66-94(96)106(120-108)99(104-92-64-72-36-28-26-34-70(72)62-90(92)102(97)118-104)79-53-85(113(125)133-45-21-13-5)59-86(54-79)114(126)134-46-22-14-6;/h25-40,49-68H,9-24,41-48H2,1-8H3;/q-2;+2. The Balaban J connectivity index is 0.0000136. The van der Waals surface area contributed by atoms with Gasteiger partial charge in [0.2, 0.25) is 0 Å². The van der Waals surface area contributed by atoms with Gasteiger partial charge in [-0.3, -0.25) is 0 Å². The third kappa shape index (κ3) is 20.2. The monoisotopic (exact) mass is 1920 g/mol. The van der Waals surface area contributed by atoms with Crippen molar-refractivity contribution in [2.75, 3.05) is 52.9 Å². The molecule has 0 spiro atoms. The molecule has 14 aromatic rings. The van der Waals surface area contributed by atoms with Crippen LogP contribution >= 0.6 is 0 Å². The molecule has 137 heavy (non-hydrogen) atoms. The molecule has 21 heteroatoms. The zero-order valence-electron chi connectivity index (χ0n) is 78.4. The van der Waals surface area contributed by atoms with Crippen LogP contribution in [0, 0.1) is 0 Å². The molecule has 0 saturated carbocycles. The fourth-order valence-electron chi connectivity index (χ4n) is 17.7. The number of nitrogens with zero attached hydrogens (tertiary/aromatic N) is 4. The molecule has 12 aromatic carbocycles. The van der Waals surface area contributed by atoms with Gasteiger partial charge in [0, 0.05) is 22.3 Å². The number of ether oxygens (including phenoxy) is 8. The number of hydrogen-bond acceptors (Lipinski definition) is 18. The second-order valence-electron chi connectivity index (χ2n) is 34.8. The first-order valence-corrected chi connectivity index (χ1v) is 47.9. The number of fused-ring (bicyclic) bond motifs is 4. The van der Waals surface area contributed by atoms with Crippen molar-refractivity contribution >= 4 is 134 Å². The maximum absolute atomic E-state index is 15.4. The molecule has 0 saturated heterocycles. The molecular formula is C116H108N4O16Pd. The molecule has 0 amide bonds. The van der Waals surface area contributed by atoms with E-state index in [4.69, 9.17) is 57.8 Å². The zero-order valence-corrected chi connectivity index (χ0v) is 79.9. The van der Waals surface area contributed by atoms with E-state index in [2.05, 4.69) is 0 Å². The van der Waals surface area contributed by atoms with Gasteiger partial charge >= 0.3 is 68.2 Å². The van der Waals surface area contributed by atoms with E-state index < -0.39 is 47.8 Å². The maximum atomic E-state index is 15.4. The SMILES string of the molecule is CCCCOC(=O)c1cc(C(=O)OCCCC)cc(-c2c3nc(c(-c4cc(C(=O)OCCCC)cc(C(=O)OCCCC)c4)c4[n-]c(c(-c5cc(C(=O)OCCCC)cc(C(=O)OCCCC)c5)c5nc(c(-c6cc(C(=O)OCCCC)cc(C(=O)OCCCC)c6)c6[n-]c2c2cc7ccccc7cc62)-c2cc6ccccc6cc2-5)c2cc5ccccc5cc42)-c2cc4ccccc4cc2-3)c1.[Pd+2]. The van der Waals surface area contributed by atoms with E-state index >= 15 is 38.4 Å². The Bertz CT molecular complexity index is 6430. The number of carbonyl (C=O) groups excluding carboxylic acids is 8. The Morgan fingerprint density at radius 2 is 0.372 bits per heavy atom. The summed E-state index contributed by atoms with van der Waals surface area (Å²) in [4.78, 5) is 148. The van der Waals surface area contributed by atoms with Gasteiger partial charge in [-0.1, -0.05) is 204 Å². The van der Waals surface area contributed by atoms with Gasteiger partial charge in [-0.15, -0.1) is 22.1 Å². The summed E-state index contributed by atoms with van der Waals surface area (Å²) in [5.41, 5.74) is 6.32. The second kappa shape index (κ2) is 43.6. The number of unbranched alkanes of at least 4 members (excludes halogenated alkanes) is 8. The average Bonchev–Trinajstić information content (AvgIpc) is 1.55. The second-order valence-corrected chi connectivity index (χ2v) is 34.8. The van der Waals surface area contributed by atoms with Crippen LogP contribution in [-0.2, 0) is 58.3 Å². The van der Waals surface area contributed by atoms with E-state index in [1.165, 1.54) is 24.3 Å². The molecule has 2 aromatic heterocycles. The first-order chi connectivity index (χ1) is 66.4. The number of esters is 8. The fraction of sp³-hybridized carbons (Fsp3) is 0.276. The minimum atomic E-state index is -0.723. The van der Waals surface area contributed by atoms with Gasteiger partial charge in [-0.25, -0.2) is 48.3 Å². The number of hydrogen-bond donors (Lipinski definition) is 0. The van der Waals surface area contributed by atoms with Crippen molar-refractivity contribution in [1.82, 2.24) is 19.9 Å². The van der Waals surface area contributed by atoms with Crippen molar-refractivity contribution in [3.05, 3.63) is 263 Å². The smallest absolute Gasteiger partial charge is 0.656 e. The molecule has 2 aliphatic heterocycles. The van der Waals surface area contributed by atoms with Crippen LogP contribution in [0.1, 0.15) is 241 Å². The Kier molecular flexibility index (Phi) is 30.5. The normalized spacial score (nSPS) is 11.5. The van der Waals surface area contributed by atoms with Crippen LogP contribution in [0.3, 0.4) is 0 Å². The number of aromatic nitrogens is 4. The molecular weight excluding hydrogens is 1810 g/mol. The summed E-state index contributed by atoms with van der Waals surface area (Å²) >= 11 is 0. The van der Waals surface area contributed by atoms with Crippen molar-refractivity contribution in [2.45, 2.75) is 158 Å². The maximum Gasteiger partial charge on any atom is 2.00 e. The van der Waals surface area contributed by atoms with Crippen molar-refractivity contribution in [3.63, 3.8) is 0 Å². The van der Waals surface area contributed by atoms with Crippen LogP contribution in [0.15, 0.2) is 218 Å². The predicted octanol–water partition coefficient (Wildman–Crippen LogP) is 27.5. The molecule has 3 aliphatic rings. The van der Waals surface area contributed by atoms with Crippen LogP contribution in [-0.4, -0.2) is 111 Å². The number of benzene rings is 12. The van der Waals surface area contributed by atoms with E-state index in [1.807, 2.05) is 201 Å². The van der Waals surface area contributed by atoms with Gasteiger partial charge in [0.25, 0.3) is 0 Å². The molecule has 0 unspecified atom stereocenters. The average molecular weight is 1920 g/mol. The number of carbonyl (C=O) groups is 8. The summed E-state index contributed by atoms with van der Waals surface area (Å²) < 4.78 is 49.3. The molecule has 17 rings (SSSR count). The molecule has 0 N–H and O–H groups in total. The van der Waals surface area contributed by atoms with Gasteiger partial charge in [0.1, 0.15) is 0 Å². The summed E-state index contributed by atoms with van der Waals surface area (Å²) in [5.74, 6) is -5.78. The Morgan fingerprint density at radius 1 is 0.219 bits per heavy atom. The summed E-state index contributed by atoms with van der Waals surface area (Å²) in [6.07, 6.45) is 9.96. The van der Waals surface area contributed by atoms with Crippen molar-refractivity contribution < 1.29 is 96.7 Å². The largest absolute Gasteiger partial charge is 2.00 e. The fourth-order valence-corrected chi connectivity index (χ4v) is 17.7. The molecule has 4 heterocycles. The molecule has 698 valence electrons. The van der Waals surface area contributed by atoms with E-state index in [-0.39, 0.29) is 207 Å². The van der Waals surface area contributed by atoms with Crippen molar-refractivity contribution in [2.24, 2.45) is 0 Å². The Labute approximate surface area is 809 Å². The first-order valence-electron chi connectivity index (χ1n) is 47.9. The first kappa shape index (κ1) is 95.9. The van der Waals surface area contributed by atoms with Crippen molar-refractivity contribution in [1.29, 1.82) is 0 Å². The van der Waals surface area contributed by atoms with Gasteiger partial charge < -0.3 is 47.9 Å². The van der Waals surface area contributed by atoms with Crippen LogP contribution < -0.4 is 9.97 Å². The van der Waals surface area contributed by atoms with E-state index in [9.17, 15) is 0 Å². The third-order valence-electron chi connectivity index (χ3n) is 25.0. The van der Waals surface area contributed by atoms with E-state index in [0.717, 1.165) is 43.1 Å². The van der Waals surface area contributed by atoms with Crippen LogP contribution in [0.25, 0.3) is 176 Å². The predicted molar refractivity (Wildman–Crippen MR) is 536 cm³/mol. The van der Waals surface area contributed by atoms with Gasteiger partial charge in [-0.2, -0.15) is 0 Å². The quantitative estimate of drug-likeness (QED) is 0.0153. The van der Waals surface area contributed by atoms with Crippen LogP contribution in [0.4, 0.5) is 0 Å². The molecule has 0 fully saturated rings. The summed E-state index contributed by atoms with van der Waals surface area (Å²) in [5, 5.41) is 8.25. The van der Waals surface area contributed by atoms with Gasteiger partial charge in [0.05, 0.1) is 120 Å². The molecule has 20 nitrogen and oxygen atoms in total. The Hall–Kier alpha value is -14.3. The summed E-state index contributed by atoms with van der Waals surface area (Å²) in [6.45, 7) is 16.4. The number of rotatable bonds is 36. The van der Waals surface area contributed by atoms with E-state index in [0.29, 0.717) is 147 Å². The van der Waals surface area contributed by atoms with Crippen LogP contribution in [0.5, 0.6) is 0 Å². The zero-order chi connectivity index (χ0) is 94.6. The Morgan fingerprint density at radius 3 is 0.526 bits per heavy atom. The summed E-state index contributed by atoms with van der Waals surface area (Å²) in [6, 6.07) is 67.4. The van der Waals surface area contributed by atoms with Crippen molar-refractivity contribution in [3.8, 4) is 89.5 Å². The van der Waals surface area contributed by atoms with Crippen LogP contribution in [0.2, 0.25) is 0 Å². The van der Waals surface area contributed by atoms with Gasteiger partial charge in [0.15, 0.2) is 0 Å².